The normalized spacial score (nSPS) is 18.8. The largest absolute Gasteiger partial charge is 0.330 e. The maximum absolute atomic E-state index is 13.2. The molecule has 2 aromatic heterocycles. The number of fused-ring (bicyclic) bond motifs is 1. The zero-order valence-corrected chi connectivity index (χ0v) is 18.1. The van der Waals surface area contributed by atoms with Gasteiger partial charge in [-0.2, -0.15) is 5.10 Å². The van der Waals surface area contributed by atoms with Gasteiger partial charge in [-0.05, 0) is 57.2 Å². The van der Waals surface area contributed by atoms with Crippen LogP contribution in [-0.4, -0.2) is 52.8 Å². The van der Waals surface area contributed by atoms with Crippen molar-refractivity contribution in [3.8, 4) is 5.69 Å². The molecule has 3 heterocycles. The molecule has 5 nitrogen and oxygen atoms in total. The van der Waals surface area contributed by atoms with Crippen molar-refractivity contribution in [2.75, 3.05) is 26.2 Å². The highest BCUT2D eigenvalue weighted by Gasteiger charge is 2.32. The number of quaternary nitrogens is 1. The van der Waals surface area contributed by atoms with Crippen LogP contribution in [0.15, 0.2) is 30.3 Å². The second-order valence-electron chi connectivity index (χ2n) is 8.55. The molecule has 29 heavy (non-hydrogen) atoms. The Bertz CT molecular complexity index is 1040. The first-order chi connectivity index (χ1) is 14.1. The lowest BCUT2D eigenvalue weighted by molar-refractivity contribution is -0.928. The van der Waals surface area contributed by atoms with Gasteiger partial charge in [0.15, 0.2) is 0 Å². The van der Waals surface area contributed by atoms with Gasteiger partial charge in [0.05, 0.1) is 48.5 Å². The lowest BCUT2D eigenvalue weighted by Gasteiger charge is -2.35. The summed E-state index contributed by atoms with van der Waals surface area (Å²) in [6.07, 6.45) is 5.51. The number of piperazine rings is 1. The summed E-state index contributed by atoms with van der Waals surface area (Å²) in [7, 11) is 0. The van der Waals surface area contributed by atoms with E-state index in [4.69, 9.17) is 5.10 Å². The minimum absolute atomic E-state index is 0.187. The van der Waals surface area contributed by atoms with Crippen molar-refractivity contribution < 1.29 is 9.69 Å². The predicted molar refractivity (Wildman–Crippen MR) is 117 cm³/mol. The molecule has 1 aliphatic heterocycles. The van der Waals surface area contributed by atoms with E-state index in [1.807, 2.05) is 23.7 Å². The van der Waals surface area contributed by atoms with E-state index in [1.165, 1.54) is 31.2 Å². The first-order valence-electron chi connectivity index (χ1n) is 10.8. The van der Waals surface area contributed by atoms with Gasteiger partial charge >= 0.3 is 0 Å². The lowest BCUT2D eigenvalue weighted by Crippen LogP contribution is -3.18. The van der Waals surface area contributed by atoms with Gasteiger partial charge < -0.3 is 9.80 Å². The third-order valence-corrected chi connectivity index (χ3v) is 7.82. The Hall–Kier alpha value is -2.18. The standard InChI is InChI=1S/C23H28N4OS/c1-16-7-3-6-10-20(16)27-23-19(17(2)24-27)15-21(29-23)22(28)26-13-11-25(12-14-26)18-8-4-5-9-18/h3,6-7,10,15,18H,4-5,8-9,11-14H2,1-2H3/p+1. The van der Waals surface area contributed by atoms with Crippen LogP contribution in [0.5, 0.6) is 0 Å². The van der Waals surface area contributed by atoms with Crippen LogP contribution in [0.25, 0.3) is 15.9 Å². The summed E-state index contributed by atoms with van der Waals surface area (Å²) in [5.41, 5.74) is 3.25. The number of rotatable bonds is 3. The van der Waals surface area contributed by atoms with Crippen molar-refractivity contribution >= 4 is 27.5 Å². The van der Waals surface area contributed by atoms with E-state index >= 15 is 0 Å². The molecular weight excluding hydrogens is 380 g/mol. The van der Waals surface area contributed by atoms with Gasteiger partial charge in [-0.3, -0.25) is 4.79 Å². The molecule has 1 saturated heterocycles. The monoisotopic (exact) mass is 409 g/mol. The van der Waals surface area contributed by atoms with Crippen LogP contribution in [0.3, 0.4) is 0 Å². The van der Waals surface area contributed by atoms with Crippen molar-refractivity contribution in [3.05, 3.63) is 46.5 Å². The number of hydrogen-bond acceptors (Lipinski definition) is 3. The molecule has 3 aromatic rings. The summed E-state index contributed by atoms with van der Waals surface area (Å²) in [6.45, 7) is 8.07. The molecule has 2 fully saturated rings. The molecule has 1 saturated carbocycles. The number of carbonyl (C=O) groups is 1. The molecule has 1 aliphatic carbocycles. The maximum Gasteiger partial charge on any atom is 0.264 e. The average molecular weight is 410 g/mol. The summed E-state index contributed by atoms with van der Waals surface area (Å²) in [5.74, 6) is 0.187. The average Bonchev–Trinajstić information content (AvgIpc) is 3.47. The molecule has 0 radical (unpaired) electrons. The minimum Gasteiger partial charge on any atom is -0.330 e. The van der Waals surface area contributed by atoms with E-state index in [-0.39, 0.29) is 5.91 Å². The highest BCUT2D eigenvalue weighted by molar-refractivity contribution is 7.20. The number of aryl methyl sites for hydroxylation is 2. The Labute approximate surface area is 175 Å². The van der Waals surface area contributed by atoms with Gasteiger partial charge in [0.2, 0.25) is 0 Å². The van der Waals surface area contributed by atoms with E-state index < -0.39 is 0 Å². The summed E-state index contributed by atoms with van der Waals surface area (Å²) >= 11 is 1.58. The van der Waals surface area contributed by atoms with E-state index in [0.717, 1.165) is 58.7 Å². The Kier molecular flexibility index (Phi) is 4.92. The second kappa shape index (κ2) is 7.58. The molecule has 0 bridgehead atoms. The quantitative estimate of drug-likeness (QED) is 0.723. The fraction of sp³-hybridized carbons (Fsp3) is 0.478. The van der Waals surface area contributed by atoms with Crippen molar-refractivity contribution in [1.82, 2.24) is 14.7 Å². The van der Waals surface area contributed by atoms with Gasteiger partial charge in [-0.1, -0.05) is 18.2 Å². The Balaban J connectivity index is 1.38. The lowest BCUT2D eigenvalue weighted by atomic mass is 10.1. The molecular formula is C23H29N4OS+. The van der Waals surface area contributed by atoms with Gasteiger partial charge in [0, 0.05) is 5.39 Å². The first-order valence-corrected chi connectivity index (χ1v) is 11.6. The topological polar surface area (TPSA) is 42.6 Å². The summed E-state index contributed by atoms with van der Waals surface area (Å²) in [6, 6.07) is 11.2. The highest BCUT2D eigenvalue weighted by atomic mass is 32.1. The van der Waals surface area contributed by atoms with Crippen molar-refractivity contribution in [3.63, 3.8) is 0 Å². The van der Waals surface area contributed by atoms with Crippen molar-refractivity contribution in [2.24, 2.45) is 0 Å². The van der Waals surface area contributed by atoms with Crippen LogP contribution in [-0.2, 0) is 0 Å². The Morgan fingerprint density at radius 1 is 1.14 bits per heavy atom. The summed E-state index contributed by atoms with van der Waals surface area (Å²) in [5, 5.41) is 5.84. The molecule has 5 rings (SSSR count). The number of nitrogens with one attached hydrogen (secondary N) is 1. The second-order valence-corrected chi connectivity index (χ2v) is 9.58. The molecule has 0 atom stereocenters. The molecule has 2 aliphatic rings. The van der Waals surface area contributed by atoms with Crippen molar-refractivity contribution in [2.45, 2.75) is 45.6 Å². The third-order valence-electron chi connectivity index (χ3n) is 6.72. The predicted octanol–water partition coefficient (Wildman–Crippen LogP) is 2.99. The first kappa shape index (κ1) is 18.8. The highest BCUT2D eigenvalue weighted by Crippen LogP contribution is 2.32. The van der Waals surface area contributed by atoms with Crippen molar-refractivity contribution in [1.29, 1.82) is 0 Å². The van der Waals surface area contributed by atoms with Gasteiger partial charge in [-0.15, -0.1) is 11.3 Å². The number of benzene rings is 1. The minimum atomic E-state index is 0.187. The van der Waals surface area contributed by atoms with Crippen LogP contribution < -0.4 is 4.90 Å². The SMILES string of the molecule is Cc1ccccc1-n1nc(C)c2cc(C(=O)N3CC[NH+](C4CCCC4)CC3)sc21. The van der Waals surface area contributed by atoms with E-state index in [9.17, 15) is 4.79 Å². The van der Waals surface area contributed by atoms with Crippen LogP contribution in [0.1, 0.15) is 46.6 Å². The summed E-state index contributed by atoms with van der Waals surface area (Å²) in [4.78, 5) is 18.9. The fourth-order valence-electron chi connectivity index (χ4n) is 5.01. The number of thiophene rings is 1. The van der Waals surface area contributed by atoms with Crippen LogP contribution >= 0.6 is 11.3 Å². The molecule has 0 unspecified atom stereocenters. The Morgan fingerprint density at radius 2 is 1.86 bits per heavy atom. The number of aromatic nitrogens is 2. The van der Waals surface area contributed by atoms with Gasteiger partial charge in [0.25, 0.3) is 5.91 Å². The number of amides is 1. The van der Waals surface area contributed by atoms with Crippen LogP contribution in [0, 0.1) is 13.8 Å². The fourth-order valence-corrected chi connectivity index (χ4v) is 6.16. The molecule has 1 aromatic carbocycles. The smallest absolute Gasteiger partial charge is 0.264 e. The molecule has 152 valence electrons. The number of hydrogen-bond donors (Lipinski definition) is 1. The Morgan fingerprint density at radius 3 is 2.59 bits per heavy atom. The summed E-state index contributed by atoms with van der Waals surface area (Å²) < 4.78 is 2.00. The zero-order valence-electron chi connectivity index (χ0n) is 17.3. The van der Waals surface area contributed by atoms with Gasteiger partial charge in [0.1, 0.15) is 4.83 Å². The third kappa shape index (κ3) is 3.38. The van der Waals surface area contributed by atoms with Crippen LogP contribution in [0.4, 0.5) is 0 Å². The maximum atomic E-state index is 13.2. The molecule has 0 spiro atoms. The molecule has 1 N–H and O–H groups in total. The van der Waals surface area contributed by atoms with Crippen LogP contribution in [0.2, 0.25) is 0 Å². The number of nitrogens with zero attached hydrogens (tertiary/aromatic N) is 3. The van der Waals surface area contributed by atoms with Gasteiger partial charge in [-0.25, -0.2) is 4.68 Å². The molecule has 6 heteroatoms. The van der Waals surface area contributed by atoms with E-state index in [1.54, 1.807) is 16.2 Å². The van der Waals surface area contributed by atoms with E-state index in [2.05, 4.69) is 30.0 Å². The zero-order chi connectivity index (χ0) is 20.0. The number of carbonyl (C=O) groups excluding carboxylic acids is 1. The molecule has 1 amide bonds. The van der Waals surface area contributed by atoms with E-state index in [0.29, 0.717) is 0 Å². The number of para-hydroxylation sites is 1.